The maximum atomic E-state index is 13.3. The largest absolute Gasteiger partial charge is 0.494 e. The van der Waals surface area contributed by atoms with Crippen molar-refractivity contribution < 1.29 is 19.0 Å². The van der Waals surface area contributed by atoms with E-state index in [1.54, 1.807) is 19.1 Å². The molecule has 0 bridgehead atoms. The standard InChI is InChI=1S/C25H22BrFN2O3S/c1-2-32-25(31)20-17(10-7-14-5-8-16(27)9-6-14)28-23-18-4-3-11-29(18)24(30)22(23)21(20)19-12-15(26)13-33-19/h5-6,8-9,12-13,30H,2-4,7,10-11H2,1H3. The number of ether oxygens (including phenoxy) is 1. The number of halogens is 2. The highest BCUT2D eigenvalue weighted by Crippen LogP contribution is 2.45. The summed E-state index contributed by atoms with van der Waals surface area (Å²) in [5.41, 5.74) is 4.39. The van der Waals surface area contributed by atoms with Gasteiger partial charge >= 0.3 is 5.97 Å². The first kappa shape index (κ1) is 22.1. The zero-order valence-corrected chi connectivity index (χ0v) is 20.4. The lowest BCUT2D eigenvalue weighted by Crippen LogP contribution is -2.13. The lowest BCUT2D eigenvalue weighted by atomic mass is 9.96. The molecule has 5 rings (SSSR count). The molecule has 4 heterocycles. The number of carbonyl (C=O) groups is 1. The minimum Gasteiger partial charge on any atom is -0.494 e. The summed E-state index contributed by atoms with van der Waals surface area (Å²) in [6.45, 7) is 2.73. The second kappa shape index (κ2) is 8.91. The Kier molecular flexibility index (Phi) is 5.97. The second-order valence-corrected chi connectivity index (χ2v) is 9.86. The van der Waals surface area contributed by atoms with Crippen LogP contribution in [0, 0.1) is 5.82 Å². The van der Waals surface area contributed by atoms with Gasteiger partial charge in [0.25, 0.3) is 0 Å². The quantitative estimate of drug-likeness (QED) is 0.299. The maximum absolute atomic E-state index is 13.3. The first-order chi connectivity index (χ1) is 16.0. The molecular weight excluding hydrogens is 507 g/mol. The fourth-order valence-electron chi connectivity index (χ4n) is 4.56. The summed E-state index contributed by atoms with van der Waals surface area (Å²) in [6, 6.07) is 8.32. The summed E-state index contributed by atoms with van der Waals surface area (Å²) in [6.07, 6.45) is 2.86. The van der Waals surface area contributed by atoms with Gasteiger partial charge < -0.3 is 14.4 Å². The van der Waals surface area contributed by atoms with E-state index >= 15 is 0 Å². The van der Waals surface area contributed by atoms with Crippen molar-refractivity contribution in [1.29, 1.82) is 0 Å². The molecule has 1 aromatic carbocycles. The summed E-state index contributed by atoms with van der Waals surface area (Å²) in [7, 11) is 0. The molecule has 0 spiro atoms. The van der Waals surface area contributed by atoms with Crippen LogP contribution in [0.15, 0.2) is 40.2 Å². The molecule has 0 atom stereocenters. The fourth-order valence-corrected chi connectivity index (χ4v) is 6.04. The zero-order valence-electron chi connectivity index (χ0n) is 18.0. The van der Waals surface area contributed by atoms with Crippen molar-refractivity contribution >= 4 is 44.1 Å². The number of thiophene rings is 1. The van der Waals surface area contributed by atoms with Gasteiger partial charge in [0.05, 0.1) is 28.8 Å². The summed E-state index contributed by atoms with van der Waals surface area (Å²) in [4.78, 5) is 19.0. The van der Waals surface area contributed by atoms with Crippen molar-refractivity contribution in [2.75, 3.05) is 6.61 Å². The van der Waals surface area contributed by atoms with Gasteiger partial charge in [-0.1, -0.05) is 12.1 Å². The maximum Gasteiger partial charge on any atom is 0.340 e. The van der Waals surface area contributed by atoms with Gasteiger partial charge in [0.1, 0.15) is 5.82 Å². The summed E-state index contributed by atoms with van der Waals surface area (Å²) >= 11 is 5.01. The van der Waals surface area contributed by atoms with Crippen LogP contribution < -0.4 is 0 Å². The molecule has 0 unspecified atom stereocenters. The van der Waals surface area contributed by atoms with E-state index in [2.05, 4.69) is 15.9 Å². The highest BCUT2D eigenvalue weighted by atomic mass is 79.9. The van der Waals surface area contributed by atoms with E-state index in [0.29, 0.717) is 35.0 Å². The molecule has 0 fully saturated rings. The number of fused-ring (bicyclic) bond motifs is 3. The Hall–Kier alpha value is -2.71. The minimum absolute atomic E-state index is 0.153. The molecular formula is C25H22BrFN2O3S. The molecule has 4 aromatic rings. The molecule has 1 aliphatic rings. The van der Waals surface area contributed by atoms with Crippen LogP contribution >= 0.6 is 27.3 Å². The van der Waals surface area contributed by atoms with Crippen LogP contribution in [0.4, 0.5) is 4.39 Å². The number of aryl methyl sites for hydroxylation is 3. The Labute approximate surface area is 203 Å². The van der Waals surface area contributed by atoms with E-state index < -0.39 is 5.97 Å². The van der Waals surface area contributed by atoms with Crippen LogP contribution in [0.2, 0.25) is 0 Å². The van der Waals surface area contributed by atoms with Gasteiger partial charge in [0.15, 0.2) is 0 Å². The predicted octanol–water partition coefficient (Wildman–Crippen LogP) is 6.28. The molecule has 0 radical (unpaired) electrons. The molecule has 170 valence electrons. The molecule has 0 aliphatic carbocycles. The molecule has 33 heavy (non-hydrogen) atoms. The molecule has 8 heteroatoms. The topological polar surface area (TPSA) is 64.3 Å². The lowest BCUT2D eigenvalue weighted by molar-refractivity contribution is 0.0525. The van der Waals surface area contributed by atoms with E-state index in [-0.39, 0.29) is 18.3 Å². The number of rotatable bonds is 6. The number of hydrogen-bond donors (Lipinski definition) is 1. The van der Waals surface area contributed by atoms with Crippen molar-refractivity contribution in [3.63, 3.8) is 0 Å². The Balaban J connectivity index is 1.74. The molecule has 0 saturated carbocycles. The van der Waals surface area contributed by atoms with Gasteiger partial charge in [-0.15, -0.1) is 11.3 Å². The normalized spacial score (nSPS) is 12.9. The minimum atomic E-state index is -0.453. The van der Waals surface area contributed by atoms with Crippen LogP contribution in [0.25, 0.3) is 21.3 Å². The summed E-state index contributed by atoms with van der Waals surface area (Å²) < 4.78 is 21.6. The molecule has 3 aromatic heterocycles. The third kappa shape index (κ3) is 3.95. The van der Waals surface area contributed by atoms with Crippen LogP contribution in [0.3, 0.4) is 0 Å². The van der Waals surface area contributed by atoms with Crippen molar-refractivity contribution in [2.24, 2.45) is 0 Å². The third-order valence-corrected chi connectivity index (χ3v) is 7.71. The third-order valence-electron chi connectivity index (χ3n) is 6.00. The first-order valence-corrected chi connectivity index (χ1v) is 12.6. The van der Waals surface area contributed by atoms with Crippen molar-refractivity contribution in [3.05, 3.63) is 68.5 Å². The smallest absolute Gasteiger partial charge is 0.340 e. The van der Waals surface area contributed by atoms with E-state index in [1.807, 2.05) is 16.0 Å². The van der Waals surface area contributed by atoms with E-state index in [4.69, 9.17) is 9.72 Å². The number of pyridine rings is 1. The highest BCUT2D eigenvalue weighted by molar-refractivity contribution is 9.10. The monoisotopic (exact) mass is 528 g/mol. The van der Waals surface area contributed by atoms with Gasteiger partial charge in [-0.05, 0) is 72.3 Å². The van der Waals surface area contributed by atoms with Crippen molar-refractivity contribution in [1.82, 2.24) is 9.55 Å². The van der Waals surface area contributed by atoms with E-state index in [0.717, 1.165) is 45.5 Å². The highest BCUT2D eigenvalue weighted by Gasteiger charge is 2.31. The Bertz CT molecular complexity index is 1360. The molecule has 0 amide bonds. The number of benzene rings is 1. The Morgan fingerprint density at radius 2 is 2.09 bits per heavy atom. The van der Waals surface area contributed by atoms with Crippen molar-refractivity contribution in [3.8, 4) is 16.3 Å². The van der Waals surface area contributed by atoms with Gasteiger partial charge in [-0.2, -0.15) is 0 Å². The average molecular weight is 529 g/mol. The SMILES string of the molecule is CCOC(=O)c1c(CCc2ccc(F)cc2)nc2c3n(c(O)c2c1-c1cc(Br)cs1)CCC3. The van der Waals surface area contributed by atoms with Crippen LogP contribution in [-0.2, 0) is 30.5 Å². The Morgan fingerprint density at radius 1 is 1.30 bits per heavy atom. The first-order valence-electron chi connectivity index (χ1n) is 10.9. The summed E-state index contributed by atoms with van der Waals surface area (Å²) in [5.74, 6) is -0.581. The van der Waals surface area contributed by atoms with Crippen molar-refractivity contribution in [2.45, 2.75) is 39.2 Å². The van der Waals surface area contributed by atoms with Gasteiger partial charge in [0, 0.05) is 32.5 Å². The number of esters is 1. The van der Waals surface area contributed by atoms with Crippen LogP contribution in [0.1, 0.15) is 40.7 Å². The van der Waals surface area contributed by atoms with Gasteiger partial charge in [-0.25, -0.2) is 14.2 Å². The number of hydrogen-bond acceptors (Lipinski definition) is 5. The number of carbonyl (C=O) groups excluding carboxylic acids is 1. The number of aromatic nitrogens is 2. The van der Waals surface area contributed by atoms with Crippen LogP contribution in [-0.4, -0.2) is 27.2 Å². The van der Waals surface area contributed by atoms with Crippen LogP contribution in [0.5, 0.6) is 5.88 Å². The molecule has 0 saturated heterocycles. The summed E-state index contributed by atoms with van der Waals surface area (Å²) in [5, 5.41) is 13.7. The fraction of sp³-hybridized carbons (Fsp3) is 0.280. The van der Waals surface area contributed by atoms with Gasteiger partial charge in [-0.3, -0.25) is 0 Å². The molecule has 1 aliphatic heterocycles. The lowest BCUT2D eigenvalue weighted by Gasteiger charge is -2.15. The van der Waals surface area contributed by atoms with E-state index in [1.165, 1.54) is 23.5 Å². The van der Waals surface area contributed by atoms with Gasteiger partial charge in [0.2, 0.25) is 5.88 Å². The molecule has 1 N–H and O–H groups in total. The number of nitrogens with zero attached hydrogens (tertiary/aromatic N) is 2. The molecule has 5 nitrogen and oxygen atoms in total. The predicted molar refractivity (Wildman–Crippen MR) is 130 cm³/mol. The van der Waals surface area contributed by atoms with E-state index in [9.17, 15) is 14.3 Å². The second-order valence-electron chi connectivity index (χ2n) is 8.03. The zero-order chi connectivity index (χ0) is 23.1. The Morgan fingerprint density at radius 3 is 2.79 bits per heavy atom. The number of aromatic hydroxyl groups is 1. The average Bonchev–Trinajstić information content (AvgIpc) is 3.51.